The van der Waals surface area contributed by atoms with Gasteiger partial charge < -0.3 is 5.32 Å². The monoisotopic (exact) mass is 290 g/mol. The molecule has 0 aliphatic rings. The summed E-state index contributed by atoms with van der Waals surface area (Å²) in [6.07, 6.45) is 0. The minimum absolute atomic E-state index is 0.0310. The molecule has 1 N–H and O–H groups in total. The lowest BCUT2D eigenvalue weighted by atomic mass is 9.84. The lowest BCUT2D eigenvalue weighted by molar-refractivity contribution is -0.380. The van der Waals surface area contributed by atoms with Gasteiger partial charge in [-0.1, -0.05) is 55.5 Å². The van der Waals surface area contributed by atoms with Crippen molar-refractivity contribution < 1.29 is 4.92 Å². The fourth-order valence-electron chi connectivity index (χ4n) is 2.06. The molecular formula is C15H18N2O2S. The second-order valence-electron chi connectivity index (χ2n) is 5.40. The van der Waals surface area contributed by atoms with Crippen molar-refractivity contribution in [2.45, 2.75) is 25.8 Å². The third-order valence-electron chi connectivity index (χ3n) is 3.27. The van der Waals surface area contributed by atoms with Crippen LogP contribution in [0, 0.1) is 10.1 Å². The molecule has 0 saturated heterocycles. The van der Waals surface area contributed by atoms with Gasteiger partial charge in [0.05, 0.1) is 4.92 Å². The van der Waals surface area contributed by atoms with Crippen molar-refractivity contribution in [2.24, 2.45) is 0 Å². The largest absolute Gasteiger partial charge is 0.324 e. The van der Waals surface area contributed by atoms with Gasteiger partial charge in [0.2, 0.25) is 0 Å². The van der Waals surface area contributed by atoms with E-state index < -0.39 is 0 Å². The number of hydrogen-bond acceptors (Lipinski definition) is 4. The van der Waals surface area contributed by atoms with Gasteiger partial charge in [-0.05, 0) is 11.1 Å². The van der Waals surface area contributed by atoms with Gasteiger partial charge in [-0.15, -0.1) is 0 Å². The minimum Gasteiger partial charge on any atom is -0.312 e. The summed E-state index contributed by atoms with van der Waals surface area (Å²) in [4.78, 5) is 10.3. The molecule has 0 amide bonds. The molecule has 106 valence electrons. The maximum absolute atomic E-state index is 10.6. The Kier molecular flexibility index (Phi) is 4.52. The van der Waals surface area contributed by atoms with E-state index in [1.807, 2.05) is 23.6 Å². The number of hydrogen-bond donors (Lipinski definition) is 1. The maximum Gasteiger partial charge on any atom is 0.324 e. The van der Waals surface area contributed by atoms with E-state index in [2.05, 4.69) is 31.3 Å². The Hall–Kier alpha value is -1.72. The summed E-state index contributed by atoms with van der Waals surface area (Å²) < 4.78 is 0. The fraction of sp³-hybridized carbons (Fsp3) is 0.333. The predicted molar refractivity (Wildman–Crippen MR) is 82.1 cm³/mol. The fourth-order valence-corrected chi connectivity index (χ4v) is 2.79. The van der Waals surface area contributed by atoms with Gasteiger partial charge in [-0.25, -0.2) is 0 Å². The number of benzene rings is 1. The smallest absolute Gasteiger partial charge is 0.312 e. The van der Waals surface area contributed by atoms with Crippen molar-refractivity contribution >= 4 is 16.3 Å². The van der Waals surface area contributed by atoms with Crippen molar-refractivity contribution in [3.8, 4) is 0 Å². The molecule has 0 radical (unpaired) electrons. The van der Waals surface area contributed by atoms with Gasteiger partial charge >= 0.3 is 5.00 Å². The van der Waals surface area contributed by atoms with E-state index in [0.29, 0.717) is 6.54 Å². The normalized spacial score (nSPS) is 11.5. The summed E-state index contributed by atoms with van der Waals surface area (Å²) in [7, 11) is 0. The average molecular weight is 290 g/mol. The van der Waals surface area contributed by atoms with E-state index in [0.717, 1.165) is 12.1 Å². The Bertz CT molecular complexity index is 579. The second kappa shape index (κ2) is 6.15. The molecule has 4 nitrogen and oxygen atoms in total. The van der Waals surface area contributed by atoms with Crippen LogP contribution < -0.4 is 5.32 Å². The summed E-state index contributed by atoms with van der Waals surface area (Å²) >= 11 is 1.17. The molecule has 20 heavy (non-hydrogen) atoms. The first-order valence-corrected chi connectivity index (χ1v) is 7.35. The summed E-state index contributed by atoms with van der Waals surface area (Å²) in [5, 5.41) is 16.0. The quantitative estimate of drug-likeness (QED) is 0.651. The van der Waals surface area contributed by atoms with Gasteiger partial charge in [-0.2, -0.15) is 0 Å². The molecule has 0 atom stereocenters. The summed E-state index contributed by atoms with van der Waals surface area (Å²) in [6.45, 7) is 5.85. The molecule has 0 spiro atoms. The number of rotatable bonds is 6. The van der Waals surface area contributed by atoms with Crippen molar-refractivity contribution in [3.63, 3.8) is 0 Å². The van der Waals surface area contributed by atoms with Crippen LogP contribution in [0.4, 0.5) is 5.00 Å². The predicted octanol–water partition coefficient (Wildman–Crippen LogP) is 3.72. The van der Waals surface area contributed by atoms with Crippen LogP contribution in [0.25, 0.3) is 0 Å². The van der Waals surface area contributed by atoms with Crippen LogP contribution in [0.3, 0.4) is 0 Å². The Balaban J connectivity index is 1.90. The number of nitro groups is 1. The van der Waals surface area contributed by atoms with Crippen molar-refractivity contribution in [3.05, 3.63) is 63.0 Å². The van der Waals surface area contributed by atoms with E-state index in [4.69, 9.17) is 0 Å². The first-order valence-electron chi connectivity index (χ1n) is 6.47. The zero-order chi connectivity index (χ0) is 14.6. The Morgan fingerprint density at radius 3 is 2.60 bits per heavy atom. The van der Waals surface area contributed by atoms with E-state index >= 15 is 0 Å². The van der Waals surface area contributed by atoms with Crippen LogP contribution >= 0.6 is 11.3 Å². The van der Waals surface area contributed by atoms with Gasteiger partial charge in [-0.3, -0.25) is 10.1 Å². The zero-order valence-electron chi connectivity index (χ0n) is 11.6. The molecular weight excluding hydrogens is 272 g/mol. The summed E-state index contributed by atoms with van der Waals surface area (Å²) in [5.74, 6) is 0. The molecule has 0 bridgehead atoms. The van der Waals surface area contributed by atoms with E-state index in [1.165, 1.54) is 16.9 Å². The lowest BCUT2D eigenvalue weighted by Crippen LogP contribution is -2.32. The highest BCUT2D eigenvalue weighted by molar-refractivity contribution is 7.13. The zero-order valence-corrected chi connectivity index (χ0v) is 12.4. The Labute approximate surface area is 122 Å². The summed E-state index contributed by atoms with van der Waals surface area (Å²) in [5.41, 5.74) is 2.28. The molecule has 0 unspecified atom stereocenters. The standard InChI is InChI=1S/C15H18N2O2S/c1-15(2,13-6-4-3-5-7-13)11-16-9-12-8-14(17(18)19)20-10-12/h3-8,10,16H,9,11H2,1-2H3. The van der Waals surface area contributed by atoms with Crippen LogP contribution in [0.5, 0.6) is 0 Å². The SMILES string of the molecule is CC(C)(CNCc1csc([N+](=O)[O-])c1)c1ccccc1. The topological polar surface area (TPSA) is 55.2 Å². The molecule has 0 fully saturated rings. The van der Waals surface area contributed by atoms with Crippen molar-refractivity contribution in [2.75, 3.05) is 6.54 Å². The molecule has 1 heterocycles. The highest BCUT2D eigenvalue weighted by Gasteiger charge is 2.19. The van der Waals surface area contributed by atoms with E-state index in [1.54, 1.807) is 6.07 Å². The number of thiophene rings is 1. The molecule has 2 rings (SSSR count). The van der Waals surface area contributed by atoms with Crippen LogP contribution in [0.2, 0.25) is 0 Å². The molecule has 1 aromatic heterocycles. The first kappa shape index (κ1) is 14.7. The van der Waals surface area contributed by atoms with Crippen LogP contribution in [0.1, 0.15) is 25.0 Å². The third-order valence-corrected chi connectivity index (χ3v) is 4.20. The summed E-state index contributed by atoms with van der Waals surface area (Å²) in [6, 6.07) is 12.0. The van der Waals surface area contributed by atoms with Gasteiger partial charge in [0.1, 0.15) is 0 Å². The van der Waals surface area contributed by atoms with Crippen LogP contribution in [0.15, 0.2) is 41.8 Å². The van der Waals surface area contributed by atoms with E-state index in [-0.39, 0.29) is 15.3 Å². The third kappa shape index (κ3) is 3.65. The molecule has 0 aliphatic carbocycles. The van der Waals surface area contributed by atoms with Crippen molar-refractivity contribution in [1.82, 2.24) is 5.32 Å². The lowest BCUT2D eigenvalue weighted by Gasteiger charge is -2.25. The second-order valence-corrected chi connectivity index (χ2v) is 6.29. The Morgan fingerprint density at radius 2 is 2.00 bits per heavy atom. The van der Waals surface area contributed by atoms with Gasteiger partial charge in [0.25, 0.3) is 0 Å². The van der Waals surface area contributed by atoms with E-state index in [9.17, 15) is 10.1 Å². The Morgan fingerprint density at radius 1 is 1.30 bits per heavy atom. The highest BCUT2D eigenvalue weighted by Crippen LogP contribution is 2.24. The first-order chi connectivity index (χ1) is 9.49. The van der Waals surface area contributed by atoms with Gasteiger partial charge in [0.15, 0.2) is 0 Å². The molecule has 1 aromatic carbocycles. The van der Waals surface area contributed by atoms with Crippen molar-refractivity contribution in [1.29, 1.82) is 0 Å². The molecule has 2 aromatic rings. The number of nitrogens with zero attached hydrogens (tertiary/aromatic N) is 1. The maximum atomic E-state index is 10.6. The van der Waals surface area contributed by atoms with Crippen LogP contribution in [-0.2, 0) is 12.0 Å². The molecule has 0 saturated carbocycles. The van der Waals surface area contributed by atoms with Gasteiger partial charge in [0, 0.05) is 30.0 Å². The van der Waals surface area contributed by atoms with Crippen LogP contribution in [-0.4, -0.2) is 11.5 Å². The highest BCUT2D eigenvalue weighted by atomic mass is 32.1. The average Bonchev–Trinajstić information content (AvgIpc) is 2.89. The molecule has 0 aliphatic heterocycles. The molecule has 5 heteroatoms. The number of nitrogens with one attached hydrogen (secondary N) is 1. The minimum atomic E-state index is -0.345.